The molecule has 20 heavy (non-hydrogen) atoms. The SMILES string of the molecule is CC(Cc1ccc(F)cc1)NC(C)c1ccc(O)cc1. The van der Waals surface area contributed by atoms with Gasteiger partial charge in [0.2, 0.25) is 0 Å². The maximum atomic E-state index is 12.9. The second kappa shape index (κ2) is 6.53. The maximum Gasteiger partial charge on any atom is 0.123 e. The molecule has 0 aliphatic rings. The molecule has 2 unspecified atom stereocenters. The van der Waals surface area contributed by atoms with Crippen LogP contribution in [0.15, 0.2) is 48.5 Å². The smallest absolute Gasteiger partial charge is 0.123 e. The summed E-state index contributed by atoms with van der Waals surface area (Å²) in [4.78, 5) is 0. The van der Waals surface area contributed by atoms with Gasteiger partial charge in [0.15, 0.2) is 0 Å². The summed E-state index contributed by atoms with van der Waals surface area (Å²) >= 11 is 0. The van der Waals surface area contributed by atoms with Gasteiger partial charge in [0.25, 0.3) is 0 Å². The van der Waals surface area contributed by atoms with E-state index in [0.29, 0.717) is 0 Å². The Labute approximate surface area is 119 Å². The lowest BCUT2D eigenvalue weighted by Gasteiger charge is -2.20. The third kappa shape index (κ3) is 4.07. The van der Waals surface area contributed by atoms with E-state index in [1.807, 2.05) is 24.3 Å². The average molecular weight is 273 g/mol. The third-order valence-corrected chi connectivity index (χ3v) is 3.38. The highest BCUT2D eigenvalue weighted by Crippen LogP contribution is 2.17. The molecule has 0 saturated heterocycles. The molecule has 0 bridgehead atoms. The number of hydrogen-bond acceptors (Lipinski definition) is 2. The molecule has 0 aliphatic carbocycles. The van der Waals surface area contributed by atoms with Gasteiger partial charge in [-0.25, -0.2) is 4.39 Å². The third-order valence-electron chi connectivity index (χ3n) is 3.38. The molecule has 3 heteroatoms. The van der Waals surface area contributed by atoms with E-state index < -0.39 is 0 Å². The lowest BCUT2D eigenvalue weighted by atomic mass is 10.0. The monoisotopic (exact) mass is 273 g/mol. The van der Waals surface area contributed by atoms with Gasteiger partial charge < -0.3 is 10.4 Å². The number of rotatable bonds is 5. The molecule has 2 rings (SSSR count). The minimum Gasteiger partial charge on any atom is -0.508 e. The van der Waals surface area contributed by atoms with E-state index in [0.717, 1.165) is 17.5 Å². The molecule has 2 aromatic carbocycles. The Kier molecular flexibility index (Phi) is 4.74. The summed E-state index contributed by atoms with van der Waals surface area (Å²) in [6.45, 7) is 4.20. The molecule has 0 aliphatic heterocycles. The van der Waals surface area contributed by atoms with Crippen LogP contribution in [0.3, 0.4) is 0 Å². The molecule has 0 aromatic heterocycles. The predicted octanol–water partition coefficient (Wildman–Crippen LogP) is 3.81. The molecular weight excluding hydrogens is 253 g/mol. The first-order chi connectivity index (χ1) is 9.54. The number of hydrogen-bond donors (Lipinski definition) is 2. The van der Waals surface area contributed by atoms with E-state index in [9.17, 15) is 9.50 Å². The van der Waals surface area contributed by atoms with Crippen LogP contribution in [0.4, 0.5) is 4.39 Å². The van der Waals surface area contributed by atoms with E-state index in [2.05, 4.69) is 19.2 Å². The zero-order valence-corrected chi connectivity index (χ0v) is 11.8. The van der Waals surface area contributed by atoms with Crippen LogP contribution in [-0.2, 0) is 6.42 Å². The zero-order valence-electron chi connectivity index (χ0n) is 11.8. The summed E-state index contributed by atoms with van der Waals surface area (Å²) in [5.74, 6) is 0.0761. The molecular formula is C17H20FNO. The molecule has 0 saturated carbocycles. The Morgan fingerprint density at radius 3 is 2.20 bits per heavy atom. The fourth-order valence-corrected chi connectivity index (χ4v) is 2.32. The fourth-order valence-electron chi connectivity index (χ4n) is 2.32. The Balaban J connectivity index is 1.92. The molecule has 0 amide bonds. The normalized spacial score (nSPS) is 13.9. The second-order valence-electron chi connectivity index (χ2n) is 5.21. The summed E-state index contributed by atoms with van der Waals surface area (Å²) in [5.41, 5.74) is 2.25. The van der Waals surface area contributed by atoms with Crippen molar-refractivity contribution in [1.29, 1.82) is 0 Å². The van der Waals surface area contributed by atoms with Gasteiger partial charge in [0.1, 0.15) is 11.6 Å². The van der Waals surface area contributed by atoms with Gasteiger partial charge in [-0.15, -0.1) is 0 Å². The Morgan fingerprint density at radius 1 is 1.00 bits per heavy atom. The molecule has 0 spiro atoms. The molecule has 0 heterocycles. The van der Waals surface area contributed by atoms with Crippen LogP contribution in [0.5, 0.6) is 5.75 Å². The van der Waals surface area contributed by atoms with Crippen molar-refractivity contribution < 1.29 is 9.50 Å². The van der Waals surface area contributed by atoms with Crippen molar-refractivity contribution in [3.05, 3.63) is 65.5 Å². The summed E-state index contributed by atoms with van der Waals surface area (Å²) in [5, 5.41) is 12.8. The van der Waals surface area contributed by atoms with Gasteiger partial charge in [0.05, 0.1) is 0 Å². The van der Waals surface area contributed by atoms with E-state index >= 15 is 0 Å². The summed E-state index contributed by atoms with van der Waals surface area (Å²) in [6.07, 6.45) is 0.850. The van der Waals surface area contributed by atoms with Crippen molar-refractivity contribution in [1.82, 2.24) is 5.32 Å². The predicted molar refractivity (Wildman–Crippen MR) is 79.2 cm³/mol. The van der Waals surface area contributed by atoms with Crippen LogP contribution in [0, 0.1) is 5.82 Å². The number of halogens is 1. The Bertz CT molecular complexity index is 536. The van der Waals surface area contributed by atoms with Crippen LogP contribution in [0.2, 0.25) is 0 Å². The first-order valence-corrected chi connectivity index (χ1v) is 6.84. The summed E-state index contributed by atoms with van der Waals surface area (Å²) in [7, 11) is 0. The lowest BCUT2D eigenvalue weighted by molar-refractivity contribution is 0.468. The number of nitrogens with one attached hydrogen (secondary N) is 1. The van der Waals surface area contributed by atoms with Gasteiger partial charge in [-0.1, -0.05) is 24.3 Å². The van der Waals surface area contributed by atoms with Gasteiger partial charge in [0, 0.05) is 12.1 Å². The van der Waals surface area contributed by atoms with Crippen LogP contribution >= 0.6 is 0 Å². The highest BCUT2D eigenvalue weighted by atomic mass is 19.1. The average Bonchev–Trinajstić information content (AvgIpc) is 2.42. The van der Waals surface area contributed by atoms with Crippen molar-refractivity contribution in [2.24, 2.45) is 0 Å². The largest absolute Gasteiger partial charge is 0.508 e. The van der Waals surface area contributed by atoms with E-state index in [1.54, 1.807) is 12.1 Å². The summed E-state index contributed by atoms with van der Waals surface area (Å²) in [6, 6.07) is 14.3. The fraction of sp³-hybridized carbons (Fsp3) is 0.294. The lowest BCUT2D eigenvalue weighted by Crippen LogP contribution is -2.30. The molecule has 0 radical (unpaired) electrons. The van der Waals surface area contributed by atoms with Crippen molar-refractivity contribution in [3.63, 3.8) is 0 Å². The van der Waals surface area contributed by atoms with Gasteiger partial charge in [-0.3, -0.25) is 0 Å². The Hall–Kier alpha value is -1.87. The van der Waals surface area contributed by atoms with Crippen molar-refractivity contribution in [3.8, 4) is 5.75 Å². The highest BCUT2D eigenvalue weighted by molar-refractivity contribution is 5.27. The highest BCUT2D eigenvalue weighted by Gasteiger charge is 2.10. The molecule has 2 N–H and O–H groups in total. The van der Waals surface area contributed by atoms with Crippen LogP contribution < -0.4 is 5.32 Å². The number of aromatic hydroxyl groups is 1. The van der Waals surface area contributed by atoms with Crippen molar-refractivity contribution in [2.45, 2.75) is 32.4 Å². The van der Waals surface area contributed by atoms with Crippen LogP contribution in [-0.4, -0.2) is 11.1 Å². The molecule has 2 aromatic rings. The van der Waals surface area contributed by atoms with Crippen LogP contribution in [0.1, 0.15) is 31.0 Å². The minimum atomic E-state index is -0.202. The van der Waals surface area contributed by atoms with E-state index in [4.69, 9.17) is 0 Å². The molecule has 2 nitrogen and oxygen atoms in total. The van der Waals surface area contributed by atoms with Gasteiger partial charge >= 0.3 is 0 Å². The molecule has 2 atom stereocenters. The minimum absolute atomic E-state index is 0.200. The van der Waals surface area contributed by atoms with Crippen molar-refractivity contribution >= 4 is 0 Å². The van der Waals surface area contributed by atoms with Gasteiger partial charge in [-0.2, -0.15) is 0 Å². The first kappa shape index (κ1) is 14.5. The molecule has 106 valence electrons. The zero-order chi connectivity index (χ0) is 14.5. The molecule has 0 fully saturated rings. The summed E-state index contributed by atoms with van der Waals surface area (Å²) < 4.78 is 12.9. The maximum absolute atomic E-state index is 12.9. The second-order valence-corrected chi connectivity index (χ2v) is 5.21. The quantitative estimate of drug-likeness (QED) is 0.868. The number of phenolic OH excluding ortho intramolecular Hbond substituents is 1. The van der Waals surface area contributed by atoms with E-state index in [1.165, 1.54) is 12.1 Å². The first-order valence-electron chi connectivity index (χ1n) is 6.84. The van der Waals surface area contributed by atoms with Crippen LogP contribution in [0.25, 0.3) is 0 Å². The number of phenols is 1. The topological polar surface area (TPSA) is 32.3 Å². The standard InChI is InChI=1S/C17H20FNO/c1-12(11-14-3-7-16(18)8-4-14)19-13(2)15-5-9-17(20)10-6-15/h3-10,12-13,19-20H,11H2,1-2H3. The number of benzene rings is 2. The van der Waals surface area contributed by atoms with E-state index in [-0.39, 0.29) is 23.7 Å². The van der Waals surface area contributed by atoms with Crippen molar-refractivity contribution in [2.75, 3.05) is 0 Å². The van der Waals surface area contributed by atoms with Gasteiger partial charge in [-0.05, 0) is 55.7 Å². The Morgan fingerprint density at radius 2 is 1.60 bits per heavy atom.